The van der Waals surface area contributed by atoms with Crippen molar-refractivity contribution in [3.8, 4) is 0 Å². The summed E-state index contributed by atoms with van der Waals surface area (Å²) in [5.41, 5.74) is -0.149. The van der Waals surface area contributed by atoms with Crippen LogP contribution in [0.2, 0.25) is 5.02 Å². The van der Waals surface area contributed by atoms with Crippen molar-refractivity contribution in [3.05, 3.63) is 40.7 Å². The lowest BCUT2D eigenvalue weighted by atomic mass is 9.94. The Bertz CT molecular complexity index is 989. The molecule has 2 N–H and O–H groups in total. The van der Waals surface area contributed by atoms with E-state index in [0.717, 1.165) is 16.4 Å². The summed E-state index contributed by atoms with van der Waals surface area (Å²) in [5, 5.41) is 17.6. The minimum Gasteiger partial charge on any atom is -0.463 e. The number of nitrogens with zero attached hydrogens (tertiary/aromatic N) is 1. The van der Waals surface area contributed by atoms with Crippen molar-refractivity contribution in [1.82, 2.24) is 0 Å². The van der Waals surface area contributed by atoms with Crippen LogP contribution in [0.3, 0.4) is 0 Å². The van der Waals surface area contributed by atoms with Crippen LogP contribution in [0.1, 0.15) is 19.8 Å². The van der Waals surface area contributed by atoms with E-state index in [9.17, 15) is 27.8 Å². The highest BCUT2D eigenvalue weighted by Gasteiger charge is 2.52. The van der Waals surface area contributed by atoms with Gasteiger partial charge in [0.15, 0.2) is 5.79 Å². The number of sulfonamides is 1. The highest BCUT2D eigenvalue weighted by Crippen LogP contribution is 2.42. The molecule has 32 heavy (non-hydrogen) atoms. The fourth-order valence-electron chi connectivity index (χ4n) is 3.86. The zero-order valence-electron chi connectivity index (χ0n) is 17.5. The summed E-state index contributed by atoms with van der Waals surface area (Å²) < 4.78 is 57.8. The normalized spacial score (nSPS) is 27.9. The molecule has 1 aliphatic carbocycles. The maximum atomic E-state index is 13.4. The van der Waals surface area contributed by atoms with Crippen LogP contribution in [0.5, 0.6) is 0 Å². The molecule has 3 atom stereocenters. The van der Waals surface area contributed by atoms with Crippen LogP contribution in [0.4, 0.5) is 10.1 Å². The molecule has 12 heteroatoms. The zero-order valence-corrected chi connectivity index (χ0v) is 19.1. The van der Waals surface area contributed by atoms with Crippen LogP contribution >= 0.6 is 11.6 Å². The Morgan fingerprint density at radius 2 is 1.94 bits per heavy atom. The van der Waals surface area contributed by atoms with Crippen LogP contribution in [-0.2, 0) is 29.0 Å². The summed E-state index contributed by atoms with van der Waals surface area (Å²) >= 11 is 6.04. The number of ether oxygens (including phenoxy) is 3. The minimum absolute atomic E-state index is 0.00974. The van der Waals surface area contributed by atoms with Gasteiger partial charge in [0.1, 0.15) is 23.3 Å². The molecule has 2 aliphatic rings. The predicted octanol–water partition coefficient (Wildman–Crippen LogP) is 1.36. The van der Waals surface area contributed by atoms with Gasteiger partial charge >= 0.3 is 5.97 Å². The number of halogens is 2. The molecule has 1 saturated heterocycles. The lowest BCUT2D eigenvalue weighted by molar-refractivity contribution is -0.154. The number of hydrogen-bond acceptors (Lipinski definition) is 8. The molecule has 0 radical (unpaired) electrons. The molecule has 1 heterocycles. The van der Waals surface area contributed by atoms with E-state index < -0.39 is 58.3 Å². The molecule has 1 aliphatic heterocycles. The molecule has 0 saturated carbocycles. The summed E-state index contributed by atoms with van der Waals surface area (Å²) in [5.74, 6) is -2.97. The standard InChI is InChI=1S/C20H25ClFNO8S/c1-3-29-19(26)13-9-20(30-16(10-24)17(11-25)31-20)7-6-18(13)32(27,28)23(2)15-5-4-12(22)8-14(15)21/h4-5,8-9,16-18,24-25H,3,6-7,10-11H2,1-2H3. The highest BCUT2D eigenvalue weighted by molar-refractivity contribution is 7.93. The van der Waals surface area contributed by atoms with Gasteiger partial charge in [0.25, 0.3) is 0 Å². The quantitative estimate of drug-likeness (QED) is 0.546. The van der Waals surface area contributed by atoms with Crippen molar-refractivity contribution in [1.29, 1.82) is 0 Å². The topological polar surface area (TPSA) is 123 Å². The number of carbonyl (C=O) groups excluding carboxylic acids is 1. The Balaban J connectivity index is 2.01. The summed E-state index contributed by atoms with van der Waals surface area (Å²) in [7, 11) is -2.94. The third-order valence-electron chi connectivity index (χ3n) is 5.45. The van der Waals surface area contributed by atoms with Crippen molar-refractivity contribution in [2.24, 2.45) is 0 Å². The Labute approximate surface area is 190 Å². The summed E-state index contributed by atoms with van der Waals surface area (Å²) in [6, 6.07) is 3.30. The van der Waals surface area contributed by atoms with Gasteiger partial charge in [-0.25, -0.2) is 17.6 Å². The number of esters is 1. The second-order valence-corrected chi connectivity index (χ2v) is 10.00. The molecule has 0 bridgehead atoms. The average molecular weight is 494 g/mol. The van der Waals surface area contributed by atoms with E-state index in [4.69, 9.17) is 25.8 Å². The molecule has 0 aromatic heterocycles. The molecule has 1 aromatic rings. The predicted molar refractivity (Wildman–Crippen MR) is 113 cm³/mol. The molecular formula is C20H25ClFNO8S. The fraction of sp³-hybridized carbons (Fsp3) is 0.550. The van der Waals surface area contributed by atoms with Gasteiger partial charge in [-0.05, 0) is 37.6 Å². The molecule has 3 rings (SSSR count). The van der Waals surface area contributed by atoms with Gasteiger partial charge in [-0.2, -0.15) is 0 Å². The minimum atomic E-state index is -4.20. The van der Waals surface area contributed by atoms with E-state index >= 15 is 0 Å². The number of carbonyl (C=O) groups is 1. The maximum absolute atomic E-state index is 13.4. The smallest absolute Gasteiger partial charge is 0.335 e. The van der Waals surface area contributed by atoms with E-state index in [1.165, 1.54) is 19.2 Å². The maximum Gasteiger partial charge on any atom is 0.335 e. The third-order valence-corrected chi connectivity index (χ3v) is 7.93. The number of rotatable bonds is 7. The van der Waals surface area contributed by atoms with Crippen molar-refractivity contribution in [2.45, 2.75) is 43.0 Å². The van der Waals surface area contributed by atoms with E-state index in [1.807, 2.05) is 0 Å². The summed E-state index contributed by atoms with van der Waals surface area (Å²) in [6.07, 6.45) is -0.471. The third kappa shape index (κ3) is 4.63. The second-order valence-electron chi connectivity index (χ2n) is 7.45. The van der Waals surface area contributed by atoms with Gasteiger partial charge in [0, 0.05) is 13.5 Å². The molecule has 3 unspecified atom stereocenters. The van der Waals surface area contributed by atoms with Crippen molar-refractivity contribution >= 4 is 33.3 Å². The van der Waals surface area contributed by atoms with E-state index in [1.54, 1.807) is 6.92 Å². The Morgan fingerprint density at radius 1 is 1.31 bits per heavy atom. The first kappa shape index (κ1) is 24.9. The summed E-state index contributed by atoms with van der Waals surface area (Å²) in [6.45, 7) is 0.735. The highest BCUT2D eigenvalue weighted by atomic mass is 35.5. The average Bonchev–Trinajstić information content (AvgIpc) is 3.10. The van der Waals surface area contributed by atoms with Gasteiger partial charge < -0.3 is 24.4 Å². The lowest BCUT2D eigenvalue weighted by Crippen LogP contribution is -2.45. The number of aliphatic hydroxyl groups excluding tert-OH is 2. The van der Waals surface area contributed by atoms with Gasteiger partial charge in [0.2, 0.25) is 10.0 Å². The fourth-order valence-corrected chi connectivity index (χ4v) is 5.92. The lowest BCUT2D eigenvalue weighted by Gasteiger charge is -2.35. The number of benzene rings is 1. The zero-order chi connectivity index (χ0) is 23.7. The van der Waals surface area contributed by atoms with Crippen LogP contribution in [0.15, 0.2) is 29.8 Å². The summed E-state index contributed by atoms with van der Waals surface area (Å²) in [4.78, 5) is 12.7. The van der Waals surface area contributed by atoms with E-state index in [2.05, 4.69) is 0 Å². The van der Waals surface area contributed by atoms with Crippen LogP contribution in [0, 0.1) is 5.82 Å². The molecular weight excluding hydrogens is 469 g/mol. The molecule has 178 valence electrons. The molecule has 1 aromatic carbocycles. The first-order valence-corrected chi connectivity index (χ1v) is 11.9. The molecule has 9 nitrogen and oxygen atoms in total. The SMILES string of the molecule is CCOC(=O)C1=CC2(CCC1S(=O)(=O)N(C)c1ccc(F)cc1Cl)OC(CO)C(CO)O2. The largest absolute Gasteiger partial charge is 0.463 e. The van der Waals surface area contributed by atoms with Crippen molar-refractivity contribution in [2.75, 3.05) is 31.2 Å². The van der Waals surface area contributed by atoms with Crippen LogP contribution in [0.25, 0.3) is 0 Å². The van der Waals surface area contributed by atoms with Gasteiger partial charge in [-0.3, -0.25) is 4.31 Å². The van der Waals surface area contributed by atoms with Crippen molar-refractivity contribution < 1.29 is 42.0 Å². The van der Waals surface area contributed by atoms with Gasteiger partial charge in [-0.1, -0.05) is 11.6 Å². The second kappa shape index (κ2) is 9.62. The number of aliphatic hydroxyl groups is 2. The van der Waals surface area contributed by atoms with Crippen LogP contribution in [-0.4, -0.2) is 74.7 Å². The van der Waals surface area contributed by atoms with E-state index in [0.29, 0.717) is 0 Å². The van der Waals surface area contributed by atoms with Crippen LogP contribution < -0.4 is 4.31 Å². The Hall–Kier alpha value is -1.76. The van der Waals surface area contributed by atoms with Gasteiger partial charge in [0.05, 0.1) is 36.1 Å². The first-order valence-electron chi connectivity index (χ1n) is 9.98. The monoisotopic (exact) mass is 493 g/mol. The Kier molecular flexibility index (Phi) is 7.48. The number of hydrogen-bond donors (Lipinski definition) is 2. The first-order chi connectivity index (χ1) is 15.1. The molecule has 1 fully saturated rings. The molecule has 1 spiro atoms. The number of anilines is 1. The van der Waals surface area contributed by atoms with Gasteiger partial charge in [-0.15, -0.1) is 0 Å². The van der Waals surface area contributed by atoms with E-state index in [-0.39, 0.29) is 35.7 Å². The molecule has 0 amide bonds. The van der Waals surface area contributed by atoms with Crippen molar-refractivity contribution in [3.63, 3.8) is 0 Å². The Morgan fingerprint density at radius 3 is 2.47 bits per heavy atom.